The molecular formula is C14H21NO. The fourth-order valence-corrected chi connectivity index (χ4v) is 2.61. The van der Waals surface area contributed by atoms with Gasteiger partial charge in [0.05, 0.1) is 11.6 Å². The SMILES string of the molecule is Cc1ccc(N2CCC(O)C2(C)C)c(C)c1. The molecule has 2 heteroatoms. The van der Waals surface area contributed by atoms with Gasteiger partial charge < -0.3 is 10.0 Å². The van der Waals surface area contributed by atoms with Gasteiger partial charge in [0.2, 0.25) is 0 Å². The minimum absolute atomic E-state index is 0.153. The van der Waals surface area contributed by atoms with E-state index in [9.17, 15) is 5.11 Å². The van der Waals surface area contributed by atoms with E-state index in [-0.39, 0.29) is 11.6 Å². The van der Waals surface area contributed by atoms with Crippen LogP contribution in [0.4, 0.5) is 5.69 Å². The average Bonchev–Trinajstić information content (AvgIpc) is 2.44. The quantitative estimate of drug-likeness (QED) is 0.785. The topological polar surface area (TPSA) is 23.5 Å². The summed E-state index contributed by atoms with van der Waals surface area (Å²) < 4.78 is 0. The van der Waals surface area contributed by atoms with Crippen LogP contribution in [0.1, 0.15) is 31.4 Å². The lowest BCUT2D eigenvalue weighted by Gasteiger charge is -2.36. The smallest absolute Gasteiger partial charge is 0.0783 e. The van der Waals surface area contributed by atoms with Crippen LogP contribution >= 0.6 is 0 Å². The Bertz CT molecular complexity index is 398. The van der Waals surface area contributed by atoms with Crippen LogP contribution in [0, 0.1) is 13.8 Å². The minimum atomic E-state index is -0.229. The molecule has 1 unspecified atom stereocenters. The molecule has 0 spiro atoms. The second-order valence-corrected chi connectivity index (χ2v) is 5.40. The van der Waals surface area contributed by atoms with Crippen LogP contribution in [0.3, 0.4) is 0 Å². The summed E-state index contributed by atoms with van der Waals surface area (Å²) in [5.74, 6) is 0. The van der Waals surface area contributed by atoms with Gasteiger partial charge in [-0.3, -0.25) is 0 Å². The van der Waals surface area contributed by atoms with Crippen molar-refractivity contribution in [3.05, 3.63) is 29.3 Å². The highest BCUT2D eigenvalue weighted by Crippen LogP contribution is 2.35. The van der Waals surface area contributed by atoms with Crippen molar-refractivity contribution in [2.75, 3.05) is 11.4 Å². The fraction of sp³-hybridized carbons (Fsp3) is 0.571. The van der Waals surface area contributed by atoms with Crippen LogP contribution < -0.4 is 4.90 Å². The molecule has 0 saturated carbocycles. The van der Waals surface area contributed by atoms with E-state index in [1.54, 1.807) is 0 Å². The van der Waals surface area contributed by atoms with Crippen molar-refractivity contribution in [2.45, 2.75) is 45.8 Å². The Morgan fingerprint density at radius 1 is 1.31 bits per heavy atom. The second-order valence-electron chi connectivity index (χ2n) is 5.40. The first-order valence-corrected chi connectivity index (χ1v) is 5.96. The summed E-state index contributed by atoms with van der Waals surface area (Å²) in [6, 6.07) is 6.52. The molecule has 0 aliphatic carbocycles. The van der Waals surface area contributed by atoms with E-state index >= 15 is 0 Å². The standard InChI is InChI=1S/C14H21NO/c1-10-5-6-12(11(2)9-10)15-8-7-13(16)14(15,3)4/h5-6,9,13,16H,7-8H2,1-4H3. The molecule has 1 aromatic carbocycles. The molecule has 1 aromatic rings. The zero-order chi connectivity index (χ0) is 11.9. The molecule has 1 heterocycles. The third-order valence-electron chi connectivity index (χ3n) is 3.78. The van der Waals surface area contributed by atoms with Gasteiger partial charge in [-0.25, -0.2) is 0 Å². The molecule has 1 fully saturated rings. The van der Waals surface area contributed by atoms with Gasteiger partial charge in [-0.05, 0) is 45.7 Å². The maximum absolute atomic E-state index is 9.99. The molecule has 0 bridgehead atoms. The number of rotatable bonds is 1. The van der Waals surface area contributed by atoms with E-state index in [1.807, 2.05) is 0 Å². The van der Waals surface area contributed by atoms with Gasteiger partial charge in [0.25, 0.3) is 0 Å². The maximum atomic E-state index is 9.99. The molecule has 88 valence electrons. The summed E-state index contributed by atoms with van der Waals surface area (Å²) in [5, 5.41) is 9.99. The van der Waals surface area contributed by atoms with Crippen LogP contribution in [-0.4, -0.2) is 23.3 Å². The van der Waals surface area contributed by atoms with Crippen LogP contribution in [0.25, 0.3) is 0 Å². The molecule has 1 aliphatic heterocycles. The lowest BCUT2D eigenvalue weighted by molar-refractivity contribution is 0.127. The number of nitrogens with zero attached hydrogens (tertiary/aromatic N) is 1. The van der Waals surface area contributed by atoms with Crippen molar-refractivity contribution in [3.63, 3.8) is 0 Å². The largest absolute Gasteiger partial charge is 0.391 e. The van der Waals surface area contributed by atoms with Gasteiger partial charge in [0.1, 0.15) is 0 Å². The van der Waals surface area contributed by atoms with Crippen molar-refractivity contribution < 1.29 is 5.11 Å². The predicted molar refractivity (Wildman–Crippen MR) is 68.0 cm³/mol. The molecule has 1 saturated heterocycles. The Morgan fingerprint density at radius 2 is 2.00 bits per heavy atom. The van der Waals surface area contributed by atoms with Crippen molar-refractivity contribution in [1.82, 2.24) is 0 Å². The highest BCUT2D eigenvalue weighted by atomic mass is 16.3. The van der Waals surface area contributed by atoms with E-state index in [1.165, 1.54) is 16.8 Å². The lowest BCUT2D eigenvalue weighted by atomic mass is 9.97. The number of aliphatic hydroxyl groups is 1. The second kappa shape index (κ2) is 3.77. The summed E-state index contributed by atoms with van der Waals surface area (Å²) in [6.45, 7) is 9.43. The highest BCUT2D eigenvalue weighted by Gasteiger charge is 2.40. The molecule has 0 amide bonds. The number of hydrogen-bond donors (Lipinski definition) is 1. The Balaban J connectivity index is 2.38. The van der Waals surface area contributed by atoms with Crippen molar-refractivity contribution in [3.8, 4) is 0 Å². The van der Waals surface area contributed by atoms with Gasteiger partial charge >= 0.3 is 0 Å². The van der Waals surface area contributed by atoms with Crippen molar-refractivity contribution >= 4 is 5.69 Å². The first kappa shape index (κ1) is 11.5. The monoisotopic (exact) mass is 219 g/mol. The van der Waals surface area contributed by atoms with E-state index in [0.717, 1.165) is 13.0 Å². The summed E-state index contributed by atoms with van der Waals surface area (Å²) in [4.78, 5) is 2.33. The molecule has 2 rings (SSSR count). The molecule has 1 aliphatic rings. The molecule has 16 heavy (non-hydrogen) atoms. The number of anilines is 1. The lowest BCUT2D eigenvalue weighted by Crippen LogP contribution is -2.45. The molecular weight excluding hydrogens is 198 g/mol. The third-order valence-corrected chi connectivity index (χ3v) is 3.78. The number of aryl methyl sites for hydroxylation is 2. The Labute approximate surface area is 97.9 Å². The van der Waals surface area contributed by atoms with Crippen LogP contribution in [0.5, 0.6) is 0 Å². The normalized spacial score (nSPS) is 23.8. The van der Waals surface area contributed by atoms with Gasteiger partial charge in [-0.1, -0.05) is 17.7 Å². The Morgan fingerprint density at radius 3 is 2.50 bits per heavy atom. The molecule has 0 aromatic heterocycles. The zero-order valence-corrected chi connectivity index (χ0v) is 10.6. The van der Waals surface area contributed by atoms with E-state index in [2.05, 4.69) is 50.8 Å². The fourth-order valence-electron chi connectivity index (χ4n) is 2.61. The third kappa shape index (κ3) is 1.71. The number of benzene rings is 1. The van der Waals surface area contributed by atoms with Crippen LogP contribution in [0.2, 0.25) is 0 Å². The Kier molecular flexibility index (Phi) is 2.70. The first-order valence-electron chi connectivity index (χ1n) is 5.96. The van der Waals surface area contributed by atoms with E-state index in [4.69, 9.17) is 0 Å². The van der Waals surface area contributed by atoms with Gasteiger partial charge in [0.15, 0.2) is 0 Å². The highest BCUT2D eigenvalue weighted by molar-refractivity contribution is 5.57. The average molecular weight is 219 g/mol. The molecule has 1 atom stereocenters. The number of hydrogen-bond acceptors (Lipinski definition) is 2. The van der Waals surface area contributed by atoms with Crippen molar-refractivity contribution in [1.29, 1.82) is 0 Å². The summed E-state index contributed by atoms with van der Waals surface area (Å²) >= 11 is 0. The molecule has 1 N–H and O–H groups in total. The van der Waals surface area contributed by atoms with E-state index in [0.29, 0.717) is 0 Å². The van der Waals surface area contributed by atoms with Gasteiger partial charge in [-0.15, -0.1) is 0 Å². The van der Waals surface area contributed by atoms with Crippen molar-refractivity contribution in [2.24, 2.45) is 0 Å². The number of aliphatic hydroxyl groups excluding tert-OH is 1. The summed E-state index contributed by atoms with van der Waals surface area (Å²) in [7, 11) is 0. The molecule has 2 nitrogen and oxygen atoms in total. The summed E-state index contributed by atoms with van der Waals surface area (Å²) in [6.07, 6.45) is 0.633. The van der Waals surface area contributed by atoms with Gasteiger partial charge in [0, 0.05) is 12.2 Å². The van der Waals surface area contributed by atoms with E-state index < -0.39 is 0 Å². The van der Waals surface area contributed by atoms with Crippen LogP contribution in [0.15, 0.2) is 18.2 Å². The van der Waals surface area contributed by atoms with Crippen LogP contribution in [-0.2, 0) is 0 Å². The first-order chi connectivity index (χ1) is 7.43. The zero-order valence-electron chi connectivity index (χ0n) is 10.6. The maximum Gasteiger partial charge on any atom is 0.0783 e. The summed E-state index contributed by atoms with van der Waals surface area (Å²) in [5.41, 5.74) is 3.69. The minimum Gasteiger partial charge on any atom is -0.391 e. The Hall–Kier alpha value is -1.02. The van der Waals surface area contributed by atoms with Gasteiger partial charge in [-0.2, -0.15) is 0 Å². The predicted octanol–water partition coefficient (Wildman–Crippen LogP) is 2.65. The molecule has 0 radical (unpaired) electrons.